The minimum Gasteiger partial charge on any atom is -0.491 e. The van der Waals surface area contributed by atoms with Crippen molar-refractivity contribution in [3.8, 4) is 5.75 Å². The molecule has 4 rings (SSSR count). The Hall–Kier alpha value is -2.47. The van der Waals surface area contributed by atoms with Crippen molar-refractivity contribution in [3.63, 3.8) is 0 Å². The molecule has 1 aromatic heterocycles. The topological polar surface area (TPSA) is 56.5 Å². The van der Waals surface area contributed by atoms with E-state index >= 15 is 0 Å². The van der Waals surface area contributed by atoms with Gasteiger partial charge in [0.2, 0.25) is 0 Å². The first-order valence-corrected chi connectivity index (χ1v) is 11.9. The van der Waals surface area contributed by atoms with Gasteiger partial charge in [0.15, 0.2) is 0 Å². The van der Waals surface area contributed by atoms with Gasteiger partial charge in [-0.25, -0.2) is 4.98 Å². The Morgan fingerprint density at radius 1 is 1.19 bits per heavy atom. The van der Waals surface area contributed by atoms with Crippen LogP contribution in [0.1, 0.15) is 69.7 Å². The van der Waals surface area contributed by atoms with Crippen LogP contribution in [0.3, 0.4) is 0 Å². The third-order valence-corrected chi connectivity index (χ3v) is 6.41. The largest absolute Gasteiger partial charge is 0.491 e. The highest BCUT2D eigenvalue weighted by Gasteiger charge is 2.22. The normalized spacial score (nSPS) is 16.1. The standard InChI is InChI=1S/C25H28BrN3O2/c1-3-17(2)31-21-12-9-18(10-13-21)16-27-29-24(19-7-5-4-6-8-19)28-23-14-11-20(26)15-22(23)25(29)30/h9-17,19H,3-8H2,1-2H3/t17-/m1/s1. The monoisotopic (exact) mass is 481 g/mol. The lowest BCUT2D eigenvalue weighted by Gasteiger charge is -2.22. The van der Waals surface area contributed by atoms with Gasteiger partial charge in [-0.2, -0.15) is 9.78 Å². The third-order valence-electron chi connectivity index (χ3n) is 5.92. The van der Waals surface area contributed by atoms with Gasteiger partial charge in [0.25, 0.3) is 5.56 Å². The number of ether oxygens (including phenoxy) is 1. The molecule has 0 unspecified atom stereocenters. The van der Waals surface area contributed by atoms with Crippen molar-refractivity contribution >= 4 is 33.0 Å². The summed E-state index contributed by atoms with van der Waals surface area (Å²) < 4.78 is 8.21. The minimum atomic E-state index is -0.125. The Bertz CT molecular complexity index is 1130. The number of hydrogen-bond donors (Lipinski definition) is 0. The molecule has 0 aliphatic heterocycles. The van der Waals surface area contributed by atoms with E-state index in [2.05, 4.69) is 34.9 Å². The van der Waals surface area contributed by atoms with Crippen LogP contribution in [-0.4, -0.2) is 22.0 Å². The predicted octanol–water partition coefficient (Wildman–Crippen LogP) is 6.27. The molecule has 5 nitrogen and oxygen atoms in total. The van der Waals surface area contributed by atoms with Crippen LogP contribution >= 0.6 is 15.9 Å². The van der Waals surface area contributed by atoms with Crippen molar-refractivity contribution in [2.75, 3.05) is 0 Å². The fourth-order valence-electron chi connectivity index (χ4n) is 3.98. The zero-order valence-electron chi connectivity index (χ0n) is 18.1. The maximum Gasteiger partial charge on any atom is 0.282 e. The summed E-state index contributed by atoms with van der Waals surface area (Å²) in [7, 11) is 0. The highest BCUT2D eigenvalue weighted by molar-refractivity contribution is 9.10. The third kappa shape index (κ3) is 5.06. The van der Waals surface area contributed by atoms with E-state index in [1.807, 2.05) is 42.5 Å². The van der Waals surface area contributed by atoms with E-state index < -0.39 is 0 Å². The molecule has 162 valence electrons. The number of nitrogens with zero attached hydrogens (tertiary/aromatic N) is 3. The first-order chi connectivity index (χ1) is 15.0. The van der Waals surface area contributed by atoms with Crippen molar-refractivity contribution in [2.45, 2.75) is 64.4 Å². The van der Waals surface area contributed by atoms with E-state index in [9.17, 15) is 4.79 Å². The molecule has 1 aliphatic rings. The van der Waals surface area contributed by atoms with E-state index in [0.29, 0.717) is 5.39 Å². The molecule has 0 radical (unpaired) electrons. The molecule has 3 aromatic rings. The Morgan fingerprint density at radius 2 is 1.94 bits per heavy atom. The van der Waals surface area contributed by atoms with Crippen molar-refractivity contribution in [1.82, 2.24) is 9.66 Å². The Morgan fingerprint density at radius 3 is 2.65 bits per heavy atom. The zero-order valence-corrected chi connectivity index (χ0v) is 19.6. The first-order valence-electron chi connectivity index (χ1n) is 11.1. The summed E-state index contributed by atoms with van der Waals surface area (Å²) in [5.41, 5.74) is 1.51. The van der Waals surface area contributed by atoms with Gasteiger partial charge in [-0.3, -0.25) is 4.79 Å². The summed E-state index contributed by atoms with van der Waals surface area (Å²) in [6.45, 7) is 4.16. The van der Waals surface area contributed by atoms with Gasteiger partial charge in [0, 0.05) is 10.4 Å². The van der Waals surface area contributed by atoms with Crippen molar-refractivity contribution in [1.29, 1.82) is 0 Å². The molecule has 1 saturated carbocycles. The van der Waals surface area contributed by atoms with Crippen LogP contribution in [0.4, 0.5) is 0 Å². The number of rotatable bonds is 6. The quantitative estimate of drug-likeness (QED) is 0.390. The molecule has 31 heavy (non-hydrogen) atoms. The maximum atomic E-state index is 13.3. The Labute approximate surface area is 191 Å². The number of hydrogen-bond acceptors (Lipinski definition) is 4. The van der Waals surface area contributed by atoms with Crippen molar-refractivity contribution in [3.05, 3.63) is 68.7 Å². The number of benzene rings is 2. The molecular formula is C25H28BrN3O2. The van der Waals surface area contributed by atoms with Gasteiger partial charge in [-0.15, -0.1) is 0 Å². The highest BCUT2D eigenvalue weighted by atomic mass is 79.9. The number of fused-ring (bicyclic) bond motifs is 1. The summed E-state index contributed by atoms with van der Waals surface area (Å²) in [5.74, 6) is 1.87. The summed E-state index contributed by atoms with van der Waals surface area (Å²) in [5, 5.41) is 5.17. The summed E-state index contributed by atoms with van der Waals surface area (Å²) in [6.07, 6.45) is 8.54. The summed E-state index contributed by atoms with van der Waals surface area (Å²) >= 11 is 3.46. The van der Waals surface area contributed by atoms with E-state index in [1.165, 1.54) is 23.9 Å². The van der Waals surface area contributed by atoms with Crippen molar-refractivity contribution in [2.24, 2.45) is 5.10 Å². The lowest BCUT2D eigenvalue weighted by Crippen LogP contribution is -2.25. The van der Waals surface area contributed by atoms with Crippen LogP contribution in [0.15, 0.2) is 56.8 Å². The molecule has 0 bridgehead atoms. The lowest BCUT2D eigenvalue weighted by atomic mass is 9.88. The van der Waals surface area contributed by atoms with Crippen LogP contribution in [0.2, 0.25) is 0 Å². The molecule has 6 heteroatoms. The smallest absolute Gasteiger partial charge is 0.282 e. The second-order valence-corrected chi connectivity index (χ2v) is 9.15. The van der Waals surface area contributed by atoms with Crippen molar-refractivity contribution < 1.29 is 4.74 Å². The summed E-state index contributed by atoms with van der Waals surface area (Å²) in [4.78, 5) is 18.2. The SMILES string of the molecule is CC[C@@H](C)Oc1ccc(C=Nn2c(C3CCCCC3)nc3ccc(Br)cc3c2=O)cc1. The van der Waals surface area contributed by atoms with E-state index in [1.54, 1.807) is 6.21 Å². The van der Waals surface area contributed by atoms with Gasteiger partial charge in [-0.1, -0.05) is 42.1 Å². The Kier molecular flexibility index (Phi) is 6.86. The van der Waals surface area contributed by atoms with Crippen LogP contribution in [-0.2, 0) is 0 Å². The molecule has 0 N–H and O–H groups in total. The van der Waals surface area contributed by atoms with E-state index in [4.69, 9.17) is 9.72 Å². The fourth-order valence-corrected chi connectivity index (χ4v) is 4.34. The zero-order chi connectivity index (χ0) is 21.8. The lowest BCUT2D eigenvalue weighted by molar-refractivity contribution is 0.217. The van der Waals surface area contributed by atoms with E-state index in [0.717, 1.165) is 46.4 Å². The van der Waals surface area contributed by atoms with Crippen LogP contribution < -0.4 is 10.3 Å². The molecular weight excluding hydrogens is 454 g/mol. The molecule has 2 aromatic carbocycles. The van der Waals surface area contributed by atoms with Gasteiger partial charge in [0.05, 0.1) is 23.2 Å². The summed E-state index contributed by atoms with van der Waals surface area (Å²) in [6, 6.07) is 13.4. The second kappa shape index (κ2) is 9.77. The van der Waals surface area contributed by atoms with E-state index in [-0.39, 0.29) is 17.6 Å². The molecule has 1 heterocycles. The first kappa shape index (κ1) is 21.8. The average molecular weight is 482 g/mol. The average Bonchev–Trinajstić information content (AvgIpc) is 2.80. The number of aromatic nitrogens is 2. The molecule has 1 aliphatic carbocycles. The maximum absolute atomic E-state index is 13.3. The molecule has 0 spiro atoms. The van der Waals surface area contributed by atoms with Gasteiger partial charge < -0.3 is 4.74 Å². The van der Waals surface area contributed by atoms with Gasteiger partial charge in [-0.05, 0) is 74.2 Å². The van der Waals surface area contributed by atoms with Crippen LogP contribution in [0, 0.1) is 0 Å². The minimum absolute atomic E-state index is 0.125. The molecule has 1 fully saturated rings. The number of halogens is 1. The molecule has 0 saturated heterocycles. The fraction of sp³-hybridized carbons (Fsp3) is 0.400. The Balaban J connectivity index is 1.71. The molecule has 0 amide bonds. The van der Waals surface area contributed by atoms with Gasteiger partial charge in [0.1, 0.15) is 11.6 Å². The second-order valence-electron chi connectivity index (χ2n) is 8.23. The highest BCUT2D eigenvalue weighted by Crippen LogP contribution is 2.32. The molecule has 1 atom stereocenters. The van der Waals surface area contributed by atoms with Gasteiger partial charge >= 0.3 is 0 Å². The van der Waals surface area contributed by atoms with Crippen LogP contribution in [0.25, 0.3) is 10.9 Å². The predicted molar refractivity (Wildman–Crippen MR) is 129 cm³/mol. The van der Waals surface area contributed by atoms with Crippen LogP contribution in [0.5, 0.6) is 5.75 Å².